The fourth-order valence-electron chi connectivity index (χ4n) is 3.65. The Balaban J connectivity index is 1.31. The average Bonchev–Trinajstić information content (AvgIpc) is 3.48. The Labute approximate surface area is 169 Å². The Kier molecular flexibility index (Phi) is 6.21. The number of piperidine rings is 1. The van der Waals surface area contributed by atoms with Gasteiger partial charge in [0.25, 0.3) is 0 Å². The quantitative estimate of drug-likeness (QED) is 0.643. The second-order valence-electron chi connectivity index (χ2n) is 7.16. The van der Waals surface area contributed by atoms with E-state index in [2.05, 4.69) is 25.6 Å². The zero-order valence-electron chi connectivity index (χ0n) is 16.3. The lowest BCUT2D eigenvalue weighted by Crippen LogP contribution is -2.43. The van der Waals surface area contributed by atoms with Crippen molar-refractivity contribution in [3.63, 3.8) is 0 Å². The van der Waals surface area contributed by atoms with Crippen molar-refractivity contribution in [1.29, 1.82) is 0 Å². The van der Waals surface area contributed by atoms with E-state index in [1.165, 1.54) is 19.3 Å². The molecule has 1 fully saturated rings. The molecule has 0 saturated carbocycles. The molecular weight excluding hydrogens is 368 g/mol. The van der Waals surface area contributed by atoms with Gasteiger partial charge in [0.05, 0.1) is 12.3 Å². The molecule has 0 aromatic carbocycles. The minimum Gasteiger partial charge on any atom is -0.468 e. The van der Waals surface area contributed by atoms with Gasteiger partial charge in [-0.2, -0.15) is 5.10 Å². The lowest BCUT2D eigenvalue weighted by Gasteiger charge is -2.33. The highest BCUT2D eigenvalue weighted by atomic mass is 16.3. The largest absolute Gasteiger partial charge is 0.468 e. The SMILES string of the molecule is O=C(NCc1ccnc(-n2cccn2)c1)NCC(c1ccco1)N1CCCCC1. The smallest absolute Gasteiger partial charge is 0.315 e. The van der Waals surface area contributed by atoms with Gasteiger partial charge in [0.2, 0.25) is 0 Å². The number of aromatic nitrogens is 3. The van der Waals surface area contributed by atoms with E-state index in [9.17, 15) is 4.79 Å². The van der Waals surface area contributed by atoms with Crippen LogP contribution in [0.4, 0.5) is 4.79 Å². The van der Waals surface area contributed by atoms with Crippen LogP contribution in [0.25, 0.3) is 5.82 Å². The van der Waals surface area contributed by atoms with Crippen molar-refractivity contribution < 1.29 is 9.21 Å². The van der Waals surface area contributed by atoms with E-state index in [-0.39, 0.29) is 12.1 Å². The second-order valence-corrected chi connectivity index (χ2v) is 7.16. The summed E-state index contributed by atoms with van der Waals surface area (Å²) in [5.41, 5.74) is 0.958. The number of likely N-dealkylation sites (tertiary alicyclic amines) is 1. The number of nitrogens with zero attached hydrogens (tertiary/aromatic N) is 4. The zero-order chi connectivity index (χ0) is 19.9. The molecule has 4 rings (SSSR count). The first kappa shape index (κ1) is 19.2. The molecule has 1 aliphatic rings. The highest BCUT2D eigenvalue weighted by Gasteiger charge is 2.24. The first-order chi connectivity index (χ1) is 14.3. The standard InChI is InChI=1S/C21H26N6O2/c28-21(23-15-17-7-9-22-20(14-17)27-12-5-8-25-27)24-16-18(19-6-4-13-29-19)26-10-2-1-3-11-26/h4-9,12-14,18H,1-3,10-11,15-16H2,(H2,23,24,28). The molecule has 0 spiro atoms. The number of carbonyl (C=O) groups excluding carboxylic acids is 1. The minimum atomic E-state index is -0.198. The molecule has 29 heavy (non-hydrogen) atoms. The molecule has 3 aromatic rings. The van der Waals surface area contributed by atoms with Crippen LogP contribution in [-0.2, 0) is 6.54 Å². The topological polar surface area (TPSA) is 88.2 Å². The van der Waals surface area contributed by atoms with Gasteiger partial charge < -0.3 is 15.1 Å². The van der Waals surface area contributed by atoms with Crippen LogP contribution in [0.5, 0.6) is 0 Å². The molecule has 3 aromatic heterocycles. The van der Waals surface area contributed by atoms with Gasteiger partial charge in [0.1, 0.15) is 5.76 Å². The Morgan fingerprint density at radius 2 is 2.03 bits per heavy atom. The highest BCUT2D eigenvalue weighted by Crippen LogP contribution is 2.24. The van der Waals surface area contributed by atoms with Crippen molar-refractivity contribution >= 4 is 6.03 Å². The number of nitrogens with one attached hydrogen (secondary N) is 2. The van der Waals surface area contributed by atoms with Gasteiger partial charge in [-0.1, -0.05) is 6.42 Å². The van der Waals surface area contributed by atoms with E-state index in [1.54, 1.807) is 23.3 Å². The first-order valence-electron chi connectivity index (χ1n) is 10.0. The number of furan rings is 1. The molecule has 4 heterocycles. The Morgan fingerprint density at radius 1 is 1.14 bits per heavy atom. The van der Waals surface area contributed by atoms with Crippen LogP contribution in [0, 0.1) is 0 Å². The van der Waals surface area contributed by atoms with Crippen LogP contribution in [0.15, 0.2) is 59.6 Å². The normalized spacial score (nSPS) is 15.7. The summed E-state index contributed by atoms with van der Waals surface area (Å²) in [5.74, 6) is 1.61. The average molecular weight is 394 g/mol. The predicted octanol–water partition coefficient (Wildman–Crippen LogP) is 2.89. The van der Waals surface area contributed by atoms with E-state index in [0.717, 1.165) is 30.2 Å². The van der Waals surface area contributed by atoms with Gasteiger partial charge in [-0.05, 0) is 61.8 Å². The number of hydrogen-bond donors (Lipinski definition) is 2. The summed E-state index contributed by atoms with van der Waals surface area (Å²) >= 11 is 0. The summed E-state index contributed by atoms with van der Waals surface area (Å²) < 4.78 is 7.32. The van der Waals surface area contributed by atoms with Gasteiger partial charge in [-0.3, -0.25) is 4.90 Å². The number of hydrogen-bond acceptors (Lipinski definition) is 5. The molecule has 2 N–H and O–H groups in total. The monoisotopic (exact) mass is 394 g/mol. The van der Waals surface area contributed by atoms with Crippen molar-refractivity contribution in [3.8, 4) is 5.82 Å². The molecule has 2 amide bonds. The number of urea groups is 1. The van der Waals surface area contributed by atoms with E-state index < -0.39 is 0 Å². The van der Waals surface area contributed by atoms with Gasteiger partial charge in [0.15, 0.2) is 5.82 Å². The molecule has 8 nitrogen and oxygen atoms in total. The van der Waals surface area contributed by atoms with Crippen molar-refractivity contribution in [3.05, 3.63) is 66.5 Å². The van der Waals surface area contributed by atoms with E-state index >= 15 is 0 Å². The zero-order valence-corrected chi connectivity index (χ0v) is 16.3. The Hall–Kier alpha value is -3.13. The third kappa shape index (κ3) is 5.03. The van der Waals surface area contributed by atoms with Gasteiger partial charge in [-0.15, -0.1) is 0 Å². The van der Waals surface area contributed by atoms with Crippen molar-refractivity contribution in [2.45, 2.75) is 31.8 Å². The fourth-order valence-corrected chi connectivity index (χ4v) is 3.65. The maximum Gasteiger partial charge on any atom is 0.315 e. The van der Waals surface area contributed by atoms with Gasteiger partial charge in [-0.25, -0.2) is 14.5 Å². The van der Waals surface area contributed by atoms with Gasteiger partial charge >= 0.3 is 6.03 Å². The van der Waals surface area contributed by atoms with E-state index in [4.69, 9.17) is 4.42 Å². The van der Waals surface area contributed by atoms with Crippen molar-refractivity contribution in [2.75, 3.05) is 19.6 Å². The molecule has 1 atom stereocenters. The van der Waals surface area contributed by atoms with Crippen molar-refractivity contribution in [1.82, 2.24) is 30.3 Å². The molecule has 1 unspecified atom stereocenters. The Bertz CT molecular complexity index is 888. The Morgan fingerprint density at radius 3 is 2.79 bits per heavy atom. The number of pyridine rings is 1. The third-order valence-electron chi connectivity index (χ3n) is 5.16. The summed E-state index contributed by atoms with van der Waals surface area (Å²) in [6.07, 6.45) is 10.6. The molecule has 8 heteroatoms. The van der Waals surface area contributed by atoms with Crippen LogP contribution in [0.3, 0.4) is 0 Å². The maximum absolute atomic E-state index is 12.4. The molecule has 152 valence electrons. The van der Waals surface area contributed by atoms with Crippen molar-refractivity contribution in [2.24, 2.45) is 0 Å². The fraction of sp³-hybridized carbons (Fsp3) is 0.381. The second kappa shape index (κ2) is 9.38. The molecule has 0 bridgehead atoms. The van der Waals surface area contributed by atoms with E-state index in [1.807, 2.05) is 36.5 Å². The number of carbonyl (C=O) groups is 1. The molecule has 1 saturated heterocycles. The van der Waals surface area contributed by atoms with Crippen LogP contribution >= 0.6 is 0 Å². The maximum atomic E-state index is 12.4. The lowest BCUT2D eigenvalue weighted by atomic mass is 10.1. The van der Waals surface area contributed by atoms with Crippen LogP contribution in [-0.4, -0.2) is 45.3 Å². The lowest BCUT2D eigenvalue weighted by molar-refractivity contribution is 0.143. The third-order valence-corrected chi connectivity index (χ3v) is 5.16. The summed E-state index contributed by atoms with van der Waals surface area (Å²) in [7, 11) is 0. The highest BCUT2D eigenvalue weighted by molar-refractivity contribution is 5.73. The van der Waals surface area contributed by atoms with Crippen LogP contribution in [0.1, 0.15) is 36.6 Å². The molecular formula is C21H26N6O2. The molecule has 0 aliphatic carbocycles. The summed E-state index contributed by atoms with van der Waals surface area (Å²) in [5, 5.41) is 10.1. The summed E-state index contributed by atoms with van der Waals surface area (Å²) in [6.45, 7) is 2.98. The van der Waals surface area contributed by atoms with Crippen LogP contribution in [0.2, 0.25) is 0 Å². The number of amides is 2. The number of rotatable bonds is 7. The summed E-state index contributed by atoms with van der Waals surface area (Å²) in [4.78, 5) is 19.1. The predicted molar refractivity (Wildman–Crippen MR) is 108 cm³/mol. The molecule has 0 radical (unpaired) electrons. The van der Waals surface area contributed by atoms with E-state index in [0.29, 0.717) is 13.1 Å². The summed E-state index contributed by atoms with van der Waals surface area (Å²) in [6, 6.07) is 9.37. The van der Waals surface area contributed by atoms with Crippen LogP contribution < -0.4 is 10.6 Å². The van der Waals surface area contributed by atoms with Gasteiger partial charge in [0, 0.05) is 31.7 Å². The minimum absolute atomic E-state index is 0.0587. The first-order valence-corrected chi connectivity index (χ1v) is 10.0. The molecule has 1 aliphatic heterocycles.